The average Bonchev–Trinajstić information content (AvgIpc) is 2.62. The molecule has 0 atom stereocenters. The molecule has 3 aromatic rings. The van der Waals surface area contributed by atoms with E-state index in [2.05, 4.69) is 10.2 Å². The number of hydrogen-bond acceptors (Lipinski definition) is 5. The summed E-state index contributed by atoms with van der Waals surface area (Å²) in [6, 6.07) is 14.0. The molecular weight excluding hydrogens is 380 g/mol. The number of carbonyl (C=O) groups excluding carboxylic acids is 1. The Bertz CT molecular complexity index is 1030. The first-order valence-electron chi connectivity index (χ1n) is 8.82. The first kappa shape index (κ1) is 19.9. The summed E-state index contributed by atoms with van der Waals surface area (Å²) in [6.07, 6.45) is 0. The molecule has 0 saturated heterocycles. The Morgan fingerprint density at radius 3 is 2.64 bits per heavy atom. The molecule has 0 unspecified atom stereocenters. The highest BCUT2D eigenvalue weighted by atomic mass is 35.5. The van der Waals surface area contributed by atoms with Crippen molar-refractivity contribution in [2.24, 2.45) is 0 Å². The average molecular weight is 401 g/mol. The van der Waals surface area contributed by atoms with Gasteiger partial charge in [-0.25, -0.2) is 4.79 Å². The monoisotopic (exact) mass is 400 g/mol. The molecule has 3 rings (SSSR count). The Labute approximate surface area is 167 Å². The predicted molar refractivity (Wildman–Crippen MR) is 110 cm³/mol. The third-order valence-corrected chi connectivity index (χ3v) is 4.40. The molecule has 0 fully saturated rings. The van der Waals surface area contributed by atoms with Gasteiger partial charge >= 0.3 is 5.63 Å². The van der Waals surface area contributed by atoms with Crippen molar-refractivity contribution in [2.75, 3.05) is 25.5 Å². The van der Waals surface area contributed by atoms with Crippen LogP contribution >= 0.6 is 11.6 Å². The summed E-state index contributed by atoms with van der Waals surface area (Å²) in [4.78, 5) is 25.2. The fourth-order valence-electron chi connectivity index (χ4n) is 2.86. The Balaban J connectivity index is 1.67. The predicted octanol–water partition coefficient (Wildman–Crippen LogP) is 3.92. The first-order valence-corrected chi connectivity index (χ1v) is 9.20. The van der Waals surface area contributed by atoms with Crippen LogP contribution in [0.25, 0.3) is 11.0 Å². The minimum atomic E-state index is -0.423. The van der Waals surface area contributed by atoms with Crippen LogP contribution in [0.15, 0.2) is 57.7 Å². The van der Waals surface area contributed by atoms with Gasteiger partial charge in [-0.15, -0.1) is 0 Å². The number of carbonyl (C=O) groups is 1. The van der Waals surface area contributed by atoms with Gasteiger partial charge in [0.05, 0.1) is 0 Å². The highest BCUT2D eigenvalue weighted by Crippen LogP contribution is 2.22. The van der Waals surface area contributed by atoms with Crippen LogP contribution in [-0.2, 0) is 11.3 Å². The van der Waals surface area contributed by atoms with Crippen LogP contribution in [0.1, 0.15) is 12.5 Å². The number of nitrogens with zero attached hydrogens (tertiary/aromatic N) is 1. The van der Waals surface area contributed by atoms with Crippen LogP contribution in [0, 0.1) is 0 Å². The molecule has 0 aliphatic carbocycles. The van der Waals surface area contributed by atoms with Gasteiger partial charge in [-0.05, 0) is 49.0 Å². The number of hydrogen-bond donors (Lipinski definition) is 1. The molecule has 7 heteroatoms. The molecule has 0 aliphatic rings. The molecule has 2 aromatic carbocycles. The van der Waals surface area contributed by atoms with Crippen molar-refractivity contribution in [2.45, 2.75) is 13.5 Å². The smallest absolute Gasteiger partial charge is 0.336 e. The third kappa shape index (κ3) is 5.34. The normalized spacial score (nSPS) is 11.0. The van der Waals surface area contributed by atoms with Crippen molar-refractivity contribution < 1.29 is 13.9 Å². The van der Waals surface area contributed by atoms with Crippen LogP contribution in [-0.4, -0.2) is 31.0 Å². The number of likely N-dealkylation sites (N-methyl/N-ethyl adjacent to an activating group) is 1. The third-order valence-electron chi connectivity index (χ3n) is 4.15. The zero-order valence-electron chi connectivity index (χ0n) is 15.7. The van der Waals surface area contributed by atoms with Crippen molar-refractivity contribution in [1.29, 1.82) is 0 Å². The Morgan fingerprint density at radius 2 is 1.93 bits per heavy atom. The summed E-state index contributed by atoms with van der Waals surface area (Å²) in [7, 11) is 1.96. The molecule has 1 N–H and O–H groups in total. The molecule has 1 aromatic heterocycles. The highest BCUT2D eigenvalue weighted by Gasteiger charge is 2.10. The van der Waals surface area contributed by atoms with E-state index in [-0.39, 0.29) is 5.91 Å². The molecule has 28 heavy (non-hydrogen) atoms. The summed E-state index contributed by atoms with van der Waals surface area (Å²) in [5, 5.41) is 4.19. The van der Waals surface area contributed by atoms with Crippen molar-refractivity contribution >= 4 is 34.2 Å². The first-order chi connectivity index (χ1) is 13.4. The lowest BCUT2D eigenvalue weighted by molar-refractivity contribution is -0.114. The maximum Gasteiger partial charge on any atom is 0.336 e. The SMILES string of the molecule is CC(=O)Nc1ccc2c(CN(C)CCOc3ccc(Cl)cc3)cc(=O)oc2c1. The van der Waals surface area contributed by atoms with Gasteiger partial charge in [-0.3, -0.25) is 9.69 Å². The zero-order valence-corrected chi connectivity index (χ0v) is 16.5. The van der Waals surface area contributed by atoms with Gasteiger partial charge in [0.2, 0.25) is 5.91 Å². The van der Waals surface area contributed by atoms with E-state index in [0.29, 0.717) is 36.0 Å². The number of halogens is 1. The lowest BCUT2D eigenvalue weighted by atomic mass is 10.1. The van der Waals surface area contributed by atoms with E-state index in [1.807, 2.05) is 25.2 Å². The van der Waals surface area contributed by atoms with E-state index in [9.17, 15) is 9.59 Å². The Kier molecular flexibility index (Phi) is 6.34. The minimum absolute atomic E-state index is 0.182. The van der Waals surface area contributed by atoms with Gasteiger partial charge in [0.15, 0.2) is 0 Å². The fraction of sp³-hybridized carbons (Fsp3) is 0.238. The summed E-state index contributed by atoms with van der Waals surface area (Å²) in [6.45, 7) is 3.17. The van der Waals surface area contributed by atoms with E-state index in [4.69, 9.17) is 20.8 Å². The molecule has 146 valence electrons. The number of anilines is 1. The van der Waals surface area contributed by atoms with Crippen molar-refractivity contribution in [3.8, 4) is 5.75 Å². The summed E-state index contributed by atoms with van der Waals surface area (Å²) >= 11 is 5.86. The second-order valence-corrected chi connectivity index (χ2v) is 6.96. The van der Waals surface area contributed by atoms with E-state index in [0.717, 1.165) is 16.7 Å². The Hall–Kier alpha value is -2.83. The second kappa shape index (κ2) is 8.91. The topological polar surface area (TPSA) is 71.8 Å². The van der Waals surface area contributed by atoms with E-state index in [1.54, 1.807) is 24.3 Å². The standard InChI is InChI=1S/C21H21ClN2O4/c1-14(25)23-17-5-8-19-15(11-21(26)28-20(19)12-17)13-24(2)9-10-27-18-6-3-16(22)4-7-18/h3-8,11-12H,9-10,13H2,1-2H3,(H,23,25). The summed E-state index contributed by atoms with van der Waals surface area (Å²) in [5.41, 5.74) is 1.47. The van der Waals surface area contributed by atoms with E-state index in [1.165, 1.54) is 13.0 Å². The summed E-state index contributed by atoms with van der Waals surface area (Å²) in [5.74, 6) is 0.576. The molecule has 0 aliphatic heterocycles. The van der Waals surface area contributed by atoms with Crippen molar-refractivity contribution in [1.82, 2.24) is 4.90 Å². The lowest BCUT2D eigenvalue weighted by Gasteiger charge is -2.18. The number of ether oxygens (including phenoxy) is 1. The van der Waals surface area contributed by atoms with Crippen LogP contribution in [0.4, 0.5) is 5.69 Å². The number of benzene rings is 2. The molecule has 0 radical (unpaired) electrons. The maximum atomic E-state index is 11.9. The molecule has 0 saturated carbocycles. The minimum Gasteiger partial charge on any atom is -0.492 e. The largest absolute Gasteiger partial charge is 0.492 e. The fourth-order valence-corrected chi connectivity index (χ4v) is 2.99. The maximum absolute atomic E-state index is 11.9. The molecule has 1 heterocycles. The van der Waals surface area contributed by atoms with Gasteiger partial charge in [-0.2, -0.15) is 0 Å². The van der Waals surface area contributed by atoms with Crippen molar-refractivity contribution in [3.05, 3.63) is 69.5 Å². The molecule has 1 amide bonds. The van der Waals surface area contributed by atoms with Gasteiger partial charge in [0.25, 0.3) is 0 Å². The Morgan fingerprint density at radius 1 is 1.18 bits per heavy atom. The van der Waals surface area contributed by atoms with Crippen LogP contribution in [0.3, 0.4) is 0 Å². The van der Waals surface area contributed by atoms with Crippen LogP contribution in [0.5, 0.6) is 5.75 Å². The number of rotatable bonds is 7. The lowest BCUT2D eigenvalue weighted by Crippen LogP contribution is -2.24. The van der Waals surface area contributed by atoms with Gasteiger partial charge in [-0.1, -0.05) is 11.6 Å². The molecule has 0 bridgehead atoms. The van der Waals surface area contributed by atoms with E-state index >= 15 is 0 Å². The molecular formula is C21H21ClN2O4. The van der Waals surface area contributed by atoms with Crippen molar-refractivity contribution in [3.63, 3.8) is 0 Å². The van der Waals surface area contributed by atoms with Gasteiger partial charge in [0.1, 0.15) is 17.9 Å². The quantitative estimate of drug-likeness (QED) is 0.609. The molecule has 0 spiro atoms. The number of nitrogens with one attached hydrogen (secondary N) is 1. The highest BCUT2D eigenvalue weighted by molar-refractivity contribution is 6.30. The van der Waals surface area contributed by atoms with Gasteiger partial charge < -0.3 is 14.5 Å². The number of amides is 1. The summed E-state index contributed by atoms with van der Waals surface area (Å²) < 4.78 is 11.0. The van der Waals surface area contributed by atoms with E-state index < -0.39 is 5.63 Å². The molecule has 6 nitrogen and oxygen atoms in total. The van der Waals surface area contributed by atoms with Gasteiger partial charge in [0, 0.05) is 48.2 Å². The number of fused-ring (bicyclic) bond motifs is 1. The van der Waals surface area contributed by atoms with Crippen LogP contribution < -0.4 is 15.7 Å². The second-order valence-electron chi connectivity index (χ2n) is 6.52. The zero-order chi connectivity index (χ0) is 20.1. The van der Waals surface area contributed by atoms with Crippen LogP contribution in [0.2, 0.25) is 5.02 Å².